The van der Waals surface area contributed by atoms with Crippen molar-refractivity contribution in [3.05, 3.63) is 28.2 Å². The molecule has 1 amide bonds. The molecule has 1 aromatic rings. The van der Waals surface area contributed by atoms with Gasteiger partial charge in [0.05, 0.1) is 12.5 Å². The number of ether oxygens (including phenoxy) is 1. The average molecular weight is 358 g/mol. The van der Waals surface area contributed by atoms with E-state index in [4.69, 9.17) is 9.84 Å². The van der Waals surface area contributed by atoms with Gasteiger partial charge in [0.25, 0.3) is 0 Å². The molecule has 0 aliphatic carbocycles. The normalized spacial score (nSPS) is 11.1. The minimum atomic E-state index is -1.08. The molecule has 0 spiro atoms. The summed E-state index contributed by atoms with van der Waals surface area (Å²) in [5.74, 6) is -0.510. The Morgan fingerprint density at radius 2 is 2.00 bits per heavy atom. The zero-order chi connectivity index (χ0) is 16.2. The lowest BCUT2D eigenvalue weighted by atomic mass is 9.89. The van der Waals surface area contributed by atoms with Crippen LogP contribution in [0.15, 0.2) is 22.7 Å². The zero-order valence-electron chi connectivity index (χ0n) is 12.6. The minimum absolute atomic E-state index is 0.0465. The van der Waals surface area contributed by atoms with Crippen LogP contribution in [0.4, 0.5) is 0 Å². The van der Waals surface area contributed by atoms with Gasteiger partial charge in [-0.15, -0.1) is 0 Å². The molecule has 0 saturated carbocycles. The predicted molar refractivity (Wildman–Crippen MR) is 83.2 cm³/mol. The fourth-order valence-corrected chi connectivity index (χ4v) is 2.21. The second kappa shape index (κ2) is 6.93. The number of hydrogen-bond acceptors (Lipinski definition) is 3. The number of rotatable bonds is 6. The van der Waals surface area contributed by atoms with E-state index in [1.165, 1.54) is 4.90 Å². The Labute approximate surface area is 133 Å². The number of nitrogens with zero attached hydrogens (tertiary/aromatic N) is 1. The van der Waals surface area contributed by atoms with Crippen LogP contribution in [0, 0.1) is 5.41 Å². The van der Waals surface area contributed by atoms with E-state index in [0.717, 1.165) is 10.0 Å². The van der Waals surface area contributed by atoms with Crippen molar-refractivity contribution in [2.24, 2.45) is 5.41 Å². The van der Waals surface area contributed by atoms with Crippen LogP contribution in [-0.2, 0) is 16.1 Å². The van der Waals surface area contributed by atoms with Crippen molar-refractivity contribution >= 4 is 27.8 Å². The topological polar surface area (TPSA) is 66.8 Å². The van der Waals surface area contributed by atoms with Crippen molar-refractivity contribution in [3.63, 3.8) is 0 Å². The highest BCUT2D eigenvalue weighted by molar-refractivity contribution is 9.10. The average Bonchev–Trinajstić information content (AvgIpc) is 2.38. The van der Waals surface area contributed by atoms with Crippen LogP contribution in [0.25, 0.3) is 0 Å². The van der Waals surface area contributed by atoms with Gasteiger partial charge in [0.15, 0.2) is 0 Å². The van der Waals surface area contributed by atoms with E-state index in [0.29, 0.717) is 12.3 Å². The minimum Gasteiger partial charge on any atom is -0.496 e. The summed E-state index contributed by atoms with van der Waals surface area (Å²) in [7, 11) is 3.22. The predicted octanol–water partition coefficient (Wildman–Crippen LogP) is 2.92. The van der Waals surface area contributed by atoms with Gasteiger partial charge in [-0.05, 0) is 32.0 Å². The first kappa shape index (κ1) is 17.5. The van der Waals surface area contributed by atoms with Crippen LogP contribution in [0.2, 0.25) is 0 Å². The zero-order valence-corrected chi connectivity index (χ0v) is 14.2. The van der Waals surface area contributed by atoms with Crippen molar-refractivity contribution in [3.8, 4) is 5.75 Å². The lowest BCUT2D eigenvalue weighted by Gasteiger charge is -2.24. The van der Waals surface area contributed by atoms with Gasteiger partial charge in [0.2, 0.25) is 5.91 Å². The summed E-state index contributed by atoms with van der Waals surface area (Å²) >= 11 is 3.38. The third kappa shape index (κ3) is 4.74. The molecule has 6 heteroatoms. The number of hydrogen-bond donors (Lipinski definition) is 1. The van der Waals surface area contributed by atoms with Gasteiger partial charge in [-0.2, -0.15) is 0 Å². The Balaban J connectivity index is 2.82. The summed E-state index contributed by atoms with van der Waals surface area (Å²) in [6, 6.07) is 5.56. The summed E-state index contributed by atoms with van der Waals surface area (Å²) in [5.41, 5.74) is -0.219. The van der Waals surface area contributed by atoms with Crippen LogP contribution >= 0.6 is 15.9 Å². The number of halogens is 1. The van der Waals surface area contributed by atoms with E-state index in [-0.39, 0.29) is 12.3 Å². The smallest absolute Gasteiger partial charge is 0.309 e. The number of methoxy groups -OCH3 is 1. The second-order valence-electron chi connectivity index (χ2n) is 5.57. The first-order valence-corrected chi connectivity index (χ1v) is 7.26. The second-order valence-corrected chi connectivity index (χ2v) is 6.49. The number of amides is 1. The van der Waals surface area contributed by atoms with Crippen molar-refractivity contribution in [2.45, 2.75) is 26.8 Å². The third-order valence-corrected chi connectivity index (χ3v) is 3.74. The largest absolute Gasteiger partial charge is 0.496 e. The number of aliphatic carboxylic acids is 1. The Hall–Kier alpha value is -1.56. The maximum absolute atomic E-state index is 12.2. The molecule has 1 aromatic carbocycles. The van der Waals surface area contributed by atoms with Gasteiger partial charge in [-0.1, -0.05) is 15.9 Å². The lowest BCUT2D eigenvalue weighted by Crippen LogP contribution is -2.34. The van der Waals surface area contributed by atoms with Crippen LogP contribution < -0.4 is 4.74 Å². The van der Waals surface area contributed by atoms with E-state index in [2.05, 4.69) is 15.9 Å². The van der Waals surface area contributed by atoms with Crippen molar-refractivity contribution in [2.75, 3.05) is 14.2 Å². The molecule has 5 nitrogen and oxygen atoms in total. The van der Waals surface area contributed by atoms with Gasteiger partial charge in [-0.25, -0.2) is 0 Å². The fourth-order valence-electron chi connectivity index (χ4n) is 1.80. The monoisotopic (exact) mass is 357 g/mol. The molecular formula is C15H20BrNO4. The van der Waals surface area contributed by atoms with Crippen molar-refractivity contribution in [1.29, 1.82) is 0 Å². The molecule has 0 saturated heterocycles. The van der Waals surface area contributed by atoms with Gasteiger partial charge >= 0.3 is 5.97 Å². The highest BCUT2D eigenvalue weighted by Gasteiger charge is 2.31. The third-order valence-electron chi connectivity index (χ3n) is 3.25. The SMILES string of the molecule is COc1ccc(Br)cc1CN(C)C(=O)CC(C)(C)C(=O)O. The molecule has 1 N–H and O–H groups in total. The summed E-state index contributed by atoms with van der Waals surface area (Å²) in [5, 5.41) is 9.08. The van der Waals surface area contributed by atoms with Gasteiger partial charge in [0, 0.05) is 30.0 Å². The van der Waals surface area contributed by atoms with E-state index in [1.807, 2.05) is 18.2 Å². The molecule has 0 radical (unpaired) electrons. The molecular weight excluding hydrogens is 338 g/mol. The van der Waals surface area contributed by atoms with E-state index in [1.54, 1.807) is 28.0 Å². The van der Waals surface area contributed by atoms with Crippen LogP contribution in [-0.4, -0.2) is 36.0 Å². The molecule has 0 fully saturated rings. The summed E-state index contributed by atoms with van der Waals surface area (Å²) < 4.78 is 6.16. The van der Waals surface area contributed by atoms with E-state index in [9.17, 15) is 9.59 Å². The standard InChI is InChI=1S/C15H20BrNO4/c1-15(2,14(19)20)8-13(18)17(3)9-10-7-11(16)5-6-12(10)21-4/h5-7H,8-9H2,1-4H3,(H,19,20). The first-order chi connectivity index (χ1) is 9.67. The summed E-state index contributed by atoms with van der Waals surface area (Å²) in [6.45, 7) is 3.44. The Kier molecular flexibility index (Phi) is 5.78. The highest BCUT2D eigenvalue weighted by atomic mass is 79.9. The molecule has 1 rings (SSSR count). The number of carboxylic acids is 1. The fraction of sp³-hybridized carbons (Fsp3) is 0.467. The van der Waals surface area contributed by atoms with Crippen molar-refractivity contribution < 1.29 is 19.4 Å². The Bertz CT molecular complexity index is 542. The molecule has 0 heterocycles. The quantitative estimate of drug-likeness (QED) is 0.849. The maximum Gasteiger partial charge on any atom is 0.309 e. The van der Waals surface area contributed by atoms with Crippen LogP contribution in [0.3, 0.4) is 0 Å². The molecule has 116 valence electrons. The molecule has 0 aromatic heterocycles. The number of benzene rings is 1. The van der Waals surface area contributed by atoms with Gasteiger partial charge in [-0.3, -0.25) is 9.59 Å². The summed E-state index contributed by atoms with van der Waals surface area (Å²) in [4.78, 5) is 24.8. The molecule has 0 atom stereocenters. The Morgan fingerprint density at radius 3 is 2.52 bits per heavy atom. The van der Waals surface area contributed by atoms with Crippen LogP contribution in [0.1, 0.15) is 25.8 Å². The van der Waals surface area contributed by atoms with E-state index >= 15 is 0 Å². The number of carbonyl (C=O) groups is 2. The lowest BCUT2D eigenvalue weighted by molar-refractivity contribution is -0.151. The Morgan fingerprint density at radius 1 is 1.38 bits per heavy atom. The number of carbonyl (C=O) groups excluding carboxylic acids is 1. The van der Waals surface area contributed by atoms with Gasteiger partial charge in [0.1, 0.15) is 5.75 Å². The van der Waals surface area contributed by atoms with Gasteiger partial charge < -0.3 is 14.7 Å². The highest BCUT2D eigenvalue weighted by Crippen LogP contribution is 2.26. The van der Waals surface area contributed by atoms with E-state index < -0.39 is 11.4 Å². The maximum atomic E-state index is 12.2. The summed E-state index contributed by atoms with van der Waals surface area (Å²) in [6.07, 6.45) is -0.0465. The molecule has 0 aliphatic rings. The number of carboxylic acid groups (broad SMARTS) is 1. The van der Waals surface area contributed by atoms with Crippen molar-refractivity contribution in [1.82, 2.24) is 4.90 Å². The molecule has 0 aliphatic heterocycles. The first-order valence-electron chi connectivity index (χ1n) is 6.47. The van der Waals surface area contributed by atoms with Crippen LogP contribution in [0.5, 0.6) is 5.75 Å². The molecule has 0 unspecified atom stereocenters. The molecule has 21 heavy (non-hydrogen) atoms. The molecule has 0 bridgehead atoms.